The first-order chi connectivity index (χ1) is 13.1. The van der Waals surface area contributed by atoms with Crippen molar-refractivity contribution < 1.29 is 9.53 Å². The topological polar surface area (TPSA) is 63.6 Å². The van der Waals surface area contributed by atoms with Crippen molar-refractivity contribution in [2.24, 2.45) is 0 Å². The summed E-state index contributed by atoms with van der Waals surface area (Å²) in [6.07, 6.45) is 0.633. The molecule has 3 heterocycles. The SMILES string of the molecule is CCc1c(C(=O)NCCN2CCOCC2)c(=O)cc(C)n1Cc1cccs1. The third kappa shape index (κ3) is 4.86. The van der Waals surface area contributed by atoms with E-state index < -0.39 is 0 Å². The third-order valence-corrected chi connectivity index (χ3v) is 5.76. The van der Waals surface area contributed by atoms with E-state index in [1.54, 1.807) is 17.4 Å². The van der Waals surface area contributed by atoms with Crippen molar-refractivity contribution in [3.63, 3.8) is 0 Å². The number of thiophene rings is 1. The van der Waals surface area contributed by atoms with Crippen molar-refractivity contribution in [3.05, 3.63) is 55.6 Å². The van der Waals surface area contributed by atoms with Gasteiger partial charge in [0, 0.05) is 48.5 Å². The van der Waals surface area contributed by atoms with Crippen LogP contribution < -0.4 is 10.7 Å². The largest absolute Gasteiger partial charge is 0.379 e. The van der Waals surface area contributed by atoms with Crippen LogP contribution in [-0.2, 0) is 17.7 Å². The average molecular weight is 390 g/mol. The van der Waals surface area contributed by atoms with Crippen molar-refractivity contribution in [3.8, 4) is 0 Å². The van der Waals surface area contributed by atoms with Crippen LogP contribution in [0.2, 0.25) is 0 Å². The Bertz CT molecular complexity index is 824. The Morgan fingerprint density at radius 3 is 2.78 bits per heavy atom. The summed E-state index contributed by atoms with van der Waals surface area (Å²) >= 11 is 1.68. The van der Waals surface area contributed by atoms with Gasteiger partial charge >= 0.3 is 0 Å². The maximum atomic E-state index is 12.8. The van der Waals surface area contributed by atoms with Crippen LogP contribution in [0.5, 0.6) is 0 Å². The van der Waals surface area contributed by atoms with E-state index >= 15 is 0 Å². The minimum absolute atomic E-state index is 0.198. The van der Waals surface area contributed by atoms with Gasteiger partial charge in [-0.2, -0.15) is 0 Å². The molecule has 1 fully saturated rings. The van der Waals surface area contributed by atoms with Crippen molar-refractivity contribution >= 4 is 17.2 Å². The number of nitrogens with zero attached hydrogens (tertiary/aromatic N) is 2. The molecule has 0 spiro atoms. The molecule has 27 heavy (non-hydrogen) atoms. The molecule has 1 N–H and O–H groups in total. The predicted octanol–water partition coefficient (Wildman–Crippen LogP) is 1.89. The molecule has 1 aliphatic heterocycles. The first kappa shape index (κ1) is 19.8. The lowest BCUT2D eigenvalue weighted by atomic mass is 10.1. The highest BCUT2D eigenvalue weighted by molar-refractivity contribution is 7.09. The van der Waals surface area contributed by atoms with E-state index in [4.69, 9.17) is 4.74 Å². The molecule has 1 saturated heterocycles. The number of aromatic nitrogens is 1. The Morgan fingerprint density at radius 2 is 2.11 bits per heavy atom. The summed E-state index contributed by atoms with van der Waals surface area (Å²) in [6.45, 7) is 9.13. The summed E-state index contributed by atoms with van der Waals surface area (Å²) in [5.74, 6) is -0.273. The number of carbonyl (C=O) groups is 1. The number of hydrogen-bond donors (Lipinski definition) is 1. The quantitative estimate of drug-likeness (QED) is 0.786. The molecule has 2 aromatic heterocycles. The Morgan fingerprint density at radius 1 is 1.33 bits per heavy atom. The van der Waals surface area contributed by atoms with E-state index in [9.17, 15) is 9.59 Å². The number of pyridine rings is 1. The van der Waals surface area contributed by atoms with E-state index in [1.807, 2.05) is 25.3 Å². The number of aryl methyl sites for hydroxylation is 1. The number of rotatable bonds is 7. The van der Waals surface area contributed by atoms with Crippen molar-refractivity contribution in [2.75, 3.05) is 39.4 Å². The molecule has 1 aliphatic rings. The van der Waals surface area contributed by atoms with Gasteiger partial charge in [-0.15, -0.1) is 11.3 Å². The minimum atomic E-state index is -0.273. The normalized spacial score (nSPS) is 15.0. The zero-order valence-electron chi connectivity index (χ0n) is 16.0. The second-order valence-electron chi connectivity index (χ2n) is 6.70. The van der Waals surface area contributed by atoms with Crippen LogP contribution in [0.4, 0.5) is 0 Å². The smallest absolute Gasteiger partial charge is 0.257 e. The van der Waals surface area contributed by atoms with Crippen LogP contribution in [0, 0.1) is 6.92 Å². The van der Waals surface area contributed by atoms with Gasteiger partial charge in [0.05, 0.1) is 19.8 Å². The van der Waals surface area contributed by atoms with Crippen LogP contribution >= 0.6 is 11.3 Å². The Kier molecular flexibility index (Phi) is 6.82. The highest BCUT2D eigenvalue weighted by Gasteiger charge is 2.20. The van der Waals surface area contributed by atoms with E-state index in [1.165, 1.54) is 4.88 Å². The van der Waals surface area contributed by atoms with Gasteiger partial charge in [0.1, 0.15) is 5.56 Å². The van der Waals surface area contributed by atoms with Gasteiger partial charge in [0.15, 0.2) is 5.43 Å². The lowest BCUT2D eigenvalue weighted by Gasteiger charge is -2.26. The Hall–Kier alpha value is -1.96. The molecular formula is C20H27N3O3S. The fraction of sp³-hybridized carbons (Fsp3) is 0.500. The molecule has 146 valence electrons. The molecule has 7 heteroatoms. The van der Waals surface area contributed by atoms with Crippen LogP contribution in [0.25, 0.3) is 0 Å². The van der Waals surface area contributed by atoms with Gasteiger partial charge in [-0.1, -0.05) is 13.0 Å². The molecular weight excluding hydrogens is 362 g/mol. The van der Waals surface area contributed by atoms with E-state index in [0.717, 1.165) is 44.2 Å². The molecule has 3 rings (SSSR count). The second-order valence-corrected chi connectivity index (χ2v) is 7.73. The molecule has 0 radical (unpaired) electrons. The standard InChI is InChI=1S/C20H27N3O3S/c1-3-17-19(20(25)21-6-7-22-8-10-26-11-9-22)18(24)13-15(2)23(17)14-16-5-4-12-27-16/h4-5,12-13H,3,6-11,14H2,1-2H3,(H,21,25). The third-order valence-electron chi connectivity index (χ3n) is 4.90. The van der Waals surface area contributed by atoms with Gasteiger partial charge < -0.3 is 14.6 Å². The van der Waals surface area contributed by atoms with E-state index in [0.29, 0.717) is 19.5 Å². The molecule has 0 saturated carbocycles. The molecule has 2 aromatic rings. The second kappa shape index (κ2) is 9.30. The number of morpholine rings is 1. The Balaban J connectivity index is 1.76. The molecule has 0 aliphatic carbocycles. The molecule has 0 aromatic carbocycles. The molecule has 0 unspecified atom stereocenters. The van der Waals surface area contributed by atoms with Crippen molar-refractivity contribution in [2.45, 2.75) is 26.8 Å². The maximum Gasteiger partial charge on any atom is 0.257 e. The molecule has 0 atom stereocenters. The van der Waals surface area contributed by atoms with E-state index in [2.05, 4.69) is 20.9 Å². The summed E-state index contributed by atoms with van der Waals surface area (Å²) in [7, 11) is 0. The summed E-state index contributed by atoms with van der Waals surface area (Å²) < 4.78 is 7.42. The summed E-state index contributed by atoms with van der Waals surface area (Å²) in [5, 5.41) is 4.97. The first-order valence-electron chi connectivity index (χ1n) is 9.44. The number of hydrogen-bond acceptors (Lipinski definition) is 5. The van der Waals surface area contributed by atoms with Gasteiger partial charge in [-0.3, -0.25) is 14.5 Å². The van der Waals surface area contributed by atoms with Crippen LogP contribution in [0.3, 0.4) is 0 Å². The average Bonchev–Trinajstić information content (AvgIpc) is 3.17. The van der Waals surface area contributed by atoms with Crippen molar-refractivity contribution in [1.29, 1.82) is 0 Å². The first-order valence-corrected chi connectivity index (χ1v) is 10.3. The van der Waals surface area contributed by atoms with Gasteiger partial charge in [0.2, 0.25) is 0 Å². The zero-order chi connectivity index (χ0) is 19.2. The number of nitrogens with one attached hydrogen (secondary N) is 1. The molecule has 6 nitrogen and oxygen atoms in total. The predicted molar refractivity (Wildman–Crippen MR) is 108 cm³/mol. The number of ether oxygens (including phenoxy) is 1. The lowest BCUT2D eigenvalue weighted by Crippen LogP contribution is -2.42. The fourth-order valence-corrected chi connectivity index (χ4v) is 4.15. The fourth-order valence-electron chi connectivity index (χ4n) is 3.46. The van der Waals surface area contributed by atoms with Crippen LogP contribution in [-0.4, -0.2) is 54.8 Å². The van der Waals surface area contributed by atoms with Crippen LogP contribution in [0.15, 0.2) is 28.4 Å². The van der Waals surface area contributed by atoms with E-state index in [-0.39, 0.29) is 16.9 Å². The molecule has 0 bridgehead atoms. The highest BCUT2D eigenvalue weighted by Crippen LogP contribution is 2.16. The van der Waals surface area contributed by atoms with Crippen LogP contribution in [0.1, 0.15) is 33.5 Å². The summed E-state index contributed by atoms with van der Waals surface area (Å²) in [6, 6.07) is 5.66. The van der Waals surface area contributed by atoms with Gasteiger partial charge in [0.25, 0.3) is 5.91 Å². The number of amides is 1. The van der Waals surface area contributed by atoms with Crippen molar-refractivity contribution in [1.82, 2.24) is 14.8 Å². The number of carbonyl (C=O) groups excluding carboxylic acids is 1. The Labute approximate surface area is 163 Å². The summed E-state index contributed by atoms with van der Waals surface area (Å²) in [5.41, 5.74) is 1.77. The maximum absolute atomic E-state index is 12.8. The lowest BCUT2D eigenvalue weighted by molar-refractivity contribution is 0.0383. The van der Waals surface area contributed by atoms with Gasteiger partial charge in [-0.05, 0) is 24.8 Å². The van der Waals surface area contributed by atoms with Gasteiger partial charge in [-0.25, -0.2) is 0 Å². The molecule has 1 amide bonds. The summed E-state index contributed by atoms with van der Waals surface area (Å²) in [4.78, 5) is 28.8. The highest BCUT2D eigenvalue weighted by atomic mass is 32.1. The monoisotopic (exact) mass is 389 g/mol. The minimum Gasteiger partial charge on any atom is -0.379 e. The zero-order valence-corrected chi connectivity index (χ0v) is 16.8.